The lowest BCUT2D eigenvalue weighted by molar-refractivity contribution is 0.628. The van der Waals surface area contributed by atoms with Gasteiger partial charge < -0.3 is 4.57 Å². The summed E-state index contributed by atoms with van der Waals surface area (Å²) >= 11 is 0. The predicted octanol–water partition coefficient (Wildman–Crippen LogP) is 3.80. The van der Waals surface area contributed by atoms with Gasteiger partial charge in [0.25, 0.3) is 11.3 Å². The lowest BCUT2D eigenvalue weighted by Gasteiger charge is -2.11. The fourth-order valence-electron chi connectivity index (χ4n) is 3.67. The van der Waals surface area contributed by atoms with Gasteiger partial charge in [-0.2, -0.15) is 9.50 Å². The molecule has 6 nitrogen and oxygen atoms in total. The first-order valence-corrected chi connectivity index (χ1v) is 9.66. The summed E-state index contributed by atoms with van der Waals surface area (Å²) in [7, 11) is 0. The van der Waals surface area contributed by atoms with Crippen LogP contribution in [0.1, 0.15) is 11.4 Å². The second-order valence-electron chi connectivity index (χ2n) is 7.15. The van der Waals surface area contributed by atoms with Gasteiger partial charge in [-0.1, -0.05) is 30.3 Å². The molecule has 0 atom stereocenters. The molecule has 0 radical (unpaired) electrons. The van der Waals surface area contributed by atoms with Gasteiger partial charge in [0.2, 0.25) is 0 Å². The van der Waals surface area contributed by atoms with Crippen LogP contribution in [0, 0.1) is 12.7 Å². The molecule has 3 aromatic heterocycles. The largest absolute Gasteiger partial charge is 0.314 e. The minimum atomic E-state index is -0.344. The zero-order valence-electron chi connectivity index (χ0n) is 16.3. The van der Waals surface area contributed by atoms with Crippen LogP contribution >= 0.6 is 0 Å². The molecule has 2 aromatic carbocycles. The average molecular weight is 399 g/mol. The van der Waals surface area contributed by atoms with Crippen molar-refractivity contribution in [2.75, 3.05) is 0 Å². The maximum Gasteiger partial charge on any atom is 0.262 e. The Hall–Kier alpha value is -3.87. The Morgan fingerprint density at radius 1 is 0.967 bits per heavy atom. The number of hydrogen-bond donors (Lipinski definition) is 0. The van der Waals surface area contributed by atoms with Crippen molar-refractivity contribution in [1.82, 2.24) is 24.1 Å². The molecule has 3 heterocycles. The predicted molar refractivity (Wildman–Crippen MR) is 113 cm³/mol. The third kappa shape index (κ3) is 3.14. The number of halogens is 1. The first-order valence-electron chi connectivity index (χ1n) is 9.66. The SMILES string of the molecule is Cc1nc2nc3ccn(CCc4ccccc4)c(=O)c3c(-c3ccc(F)cc3)n2n1. The second kappa shape index (κ2) is 7.18. The Labute approximate surface area is 171 Å². The smallest absolute Gasteiger partial charge is 0.262 e. The van der Waals surface area contributed by atoms with Crippen molar-refractivity contribution in [3.05, 3.63) is 94.4 Å². The summed E-state index contributed by atoms with van der Waals surface area (Å²) in [4.78, 5) is 22.3. The van der Waals surface area contributed by atoms with Crippen molar-refractivity contribution in [2.24, 2.45) is 0 Å². The van der Waals surface area contributed by atoms with E-state index in [4.69, 9.17) is 0 Å². The maximum atomic E-state index is 13.5. The van der Waals surface area contributed by atoms with Crippen molar-refractivity contribution in [3.63, 3.8) is 0 Å². The molecular formula is C23H18FN5O. The number of aryl methyl sites for hydroxylation is 3. The van der Waals surface area contributed by atoms with E-state index >= 15 is 0 Å². The number of benzene rings is 2. The minimum Gasteiger partial charge on any atom is -0.314 e. The summed E-state index contributed by atoms with van der Waals surface area (Å²) in [5.74, 6) is 0.606. The zero-order valence-corrected chi connectivity index (χ0v) is 16.3. The summed E-state index contributed by atoms with van der Waals surface area (Å²) in [6.07, 6.45) is 2.49. The highest BCUT2D eigenvalue weighted by molar-refractivity contribution is 5.93. The molecule has 0 aliphatic carbocycles. The number of pyridine rings is 1. The molecule has 0 spiro atoms. The van der Waals surface area contributed by atoms with Crippen LogP contribution in [0.2, 0.25) is 0 Å². The Morgan fingerprint density at radius 2 is 1.73 bits per heavy atom. The zero-order chi connectivity index (χ0) is 20.7. The van der Waals surface area contributed by atoms with Crippen molar-refractivity contribution in [2.45, 2.75) is 19.9 Å². The summed E-state index contributed by atoms with van der Waals surface area (Å²) in [5.41, 5.74) is 2.77. The molecule has 0 fully saturated rings. The molecule has 0 unspecified atom stereocenters. The van der Waals surface area contributed by atoms with Crippen LogP contribution in [0.15, 0.2) is 71.7 Å². The normalized spacial score (nSPS) is 11.4. The topological polar surface area (TPSA) is 65.1 Å². The molecule has 0 N–H and O–H groups in total. The number of aromatic nitrogens is 5. The Balaban J connectivity index is 1.72. The van der Waals surface area contributed by atoms with E-state index in [1.165, 1.54) is 12.1 Å². The third-order valence-corrected chi connectivity index (χ3v) is 5.11. The molecule has 0 amide bonds. The van der Waals surface area contributed by atoms with Gasteiger partial charge in [0.1, 0.15) is 11.6 Å². The van der Waals surface area contributed by atoms with Crippen molar-refractivity contribution < 1.29 is 4.39 Å². The Kier molecular flexibility index (Phi) is 4.35. The van der Waals surface area contributed by atoms with Gasteiger partial charge in [-0.25, -0.2) is 9.37 Å². The molecular weight excluding hydrogens is 381 g/mol. The van der Waals surface area contributed by atoms with Gasteiger partial charge in [-0.3, -0.25) is 4.79 Å². The molecule has 0 saturated carbocycles. The number of hydrogen-bond acceptors (Lipinski definition) is 4. The van der Waals surface area contributed by atoms with Crippen LogP contribution in [0.5, 0.6) is 0 Å². The maximum absolute atomic E-state index is 13.5. The molecule has 0 aliphatic heterocycles. The molecule has 30 heavy (non-hydrogen) atoms. The van der Waals surface area contributed by atoms with E-state index in [1.54, 1.807) is 34.3 Å². The monoisotopic (exact) mass is 399 g/mol. The first-order chi connectivity index (χ1) is 14.6. The molecule has 7 heteroatoms. The van der Waals surface area contributed by atoms with E-state index in [-0.39, 0.29) is 11.4 Å². The van der Waals surface area contributed by atoms with E-state index in [9.17, 15) is 9.18 Å². The Bertz CT molecular complexity index is 1420. The fourth-order valence-corrected chi connectivity index (χ4v) is 3.67. The van der Waals surface area contributed by atoms with Crippen molar-refractivity contribution in [1.29, 1.82) is 0 Å². The van der Waals surface area contributed by atoms with Crippen molar-refractivity contribution >= 4 is 16.7 Å². The van der Waals surface area contributed by atoms with Gasteiger partial charge in [0.05, 0.1) is 16.6 Å². The van der Waals surface area contributed by atoms with Crippen LogP contribution in [0.4, 0.5) is 4.39 Å². The van der Waals surface area contributed by atoms with Crippen LogP contribution < -0.4 is 5.56 Å². The highest BCUT2D eigenvalue weighted by atomic mass is 19.1. The van der Waals surface area contributed by atoms with E-state index in [2.05, 4.69) is 15.1 Å². The van der Waals surface area contributed by atoms with Crippen LogP contribution in [-0.4, -0.2) is 24.1 Å². The number of nitrogens with zero attached hydrogens (tertiary/aromatic N) is 5. The van der Waals surface area contributed by atoms with Crippen LogP contribution in [0.25, 0.3) is 27.9 Å². The Morgan fingerprint density at radius 3 is 2.50 bits per heavy atom. The van der Waals surface area contributed by atoms with Crippen LogP contribution in [-0.2, 0) is 13.0 Å². The second-order valence-corrected chi connectivity index (χ2v) is 7.15. The van der Waals surface area contributed by atoms with E-state index in [0.29, 0.717) is 40.3 Å². The van der Waals surface area contributed by atoms with E-state index in [1.807, 2.05) is 36.4 Å². The van der Waals surface area contributed by atoms with E-state index in [0.717, 1.165) is 12.0 Å². The van der Waals surface area contributed by atoms with Crippen LogP contribution in [0.3, 0.4) is 0 Å². The lowest BCUT2D eigenvalue weighted by Crippen LogP contribution is -2.22. The molecule has 5 rings (SSSR count). The minimum absolute atomic E-state index is 0.162. The van der Waals surface area contributed by atoms with Gasteiger partial charge in [-0.05, 0) is 49.2 Å². The molecule has 148 valence electrons. The molecule has 0 aliphatic rings. The summed E-state index contributed by atoms with van der Waals surface area (Å²) < 4.78 is 16.8. The highest BCUT2D eigenvalue weighted by Gasteiger charge is 2.18. The highest BCUT2D eigenvalue weighted by Crippen LogP contribution is 2.26. The molecule has 5 aromatic rings. The van der Waals surface area contributed by atoms with Gasteiger partial charge >= 0.3 is 0 Å². The molecule has 0 bridgehead atoms. The van der Waals surface area contributed by atoms with Gasteiger partial charge in [-0.15, -0.1) is 5.10 Å². The van der Waals surface area contributed by atoms with Crippen molar-refractivity contribution in [3.8, 4) is 11.3 Å². The summed E-state index contributed by atoms with van der Waals surface area (Å²) in [6, 6.07) is 17.9. The summed E-state index contributed by atoms with van der Waals surface area (Å²) in [6.45, 7) is 2.31. The quantitative estimate of drug-likeness (QED) is 0.461. The average Bonchev–Trinajstić information content (AvgIpc) is 3.13. The van der Waals surface area contributed by atoms with E-state index < -0.39 is 0 Å². The number of rotatable bonds is 4. The number of fused-ring (bicyclic) bond motifs is 2. The van der Waals surface area contributed by atoms with Gasteiger partial charge in [0, 0.05) is 18.3 Å². The third-order valence-electron chi connectivity index (χ3n) is 5.11. The first kappa shape index (κ1) is 18.2. The molecule has 0 saturated heterocycles. The standard InChI is InChI=1S/C23H18FN5O/c1-15-25-23-26-19-12-14-28(13-11-16-5-3-2-4-6-16)22(30)20(19)21(29(23)27-15)17-7-9-18(24)10-8-17/h2-10,12,14H,11,13H2,1H3. The summed E-state index contributed by atoms with van der Waals surface area (Å²) in [5, 5.41) is 4.87. The lowest BCUT2D eigenvalue weighted by atomic mass is 10.1. The van der Waals surface area contributed by atoms with Gasteiger partial charge in [0.15, 0.2) is 0 Å². The fraction of sp³-hybridized carbons (Fsp3) is 0.130.